The van der Waals surface area contributed by atoms with Crippen molar-refractivity contribution in [3.05, 3.63) is 53.1 Å². The zero-order valence-electron chi connectivity index (χ0n) is 13.2. The minimum absolute atomic E-state index is 0.550. The molecule has 0 aliphatic rings. The highest BCUT2D eigenvalue weighted by Crippen LogP contribution is 2.34. The lowest BCUT2D eigenvalue weighted by Crippen LogP contribution is -2.07. The summed E-state index contributed by atoms with van der Waals surface area (Å²) < 4.78 is 10.7. The van der Waals surface area contributed by atoms with Crippen LogP contribution in [0.1, 0.15) is 23.0 Å². The van der Waals surface area contributed by atoms with Gasteiger partial charge in [-0.05, 0) is 36.4 Å². The Bertz CT molecular complexity index is 685. The molecular formula is C18H19NO2S. The van der Waals surface area contributed by atoms with Gasteiger partial charge >= 0.3 is 0 Å². The van der Waals surface area contributed by atoms with Crippen LogP contribution >= 0.6 is 11.8 Å². The molecule has 2 rings (SSSR count). The van der Waals surface area contributed by atoms with Gasteiger partial charge in [0.15, 0.2) is 6.29 Å². The fourth-order valence-corrected chi connectivity index (χ4v) is 2.98. The molecule has 3 nitrogen and oxygen atoms in total. The molecule has 0 fully saturated rings. The van der Waals surface area contributed by atoms with Crippen molar-refractivity contribution in [1.29, 1.82) is 5.26 Å². The van der Waals surface area contributed by atoms with E-state index in [9.17, 15) is 5.26 Å². The molecule has 0 unspecified atom stereocenters. The van der Waals surface area contributed by atoms with Gasteiger partial charge in [0.05, 0.1) is 5.56 Å². The lowest BCUT2D eigenvalue weighted by Gasteiger charge is -2.18. The molecule has 22 heavy (non-hydrogen) atoms. The van der Waals surface area contributed by atoms with Gasteiger partial charge in [-0.3, -0.25) is 0 Å². The van der Waals surface area contributed by atoms with Crippen molar-refractivity contribution in [3.63, 3.8) is 0 Å². The molecule has 2 aromatic rings. The van der Waals surface area contributed by atoms with Crippen molar-refractivity contribution in [2.24, 2.45) is 0 Å². The summed E-state index contributed by atoms with van der Waals surface area (Å²) in [5.74, 6) is 0. The second-order valence-corrected chi connectivity index (χ2v) is 5.77. The van der Waals surface area contributed by atoms with E-state index in [4.69, 9.17) is 9.47 Å². The Labute approximate surface area is 135 Å². The fraction of sp³-hybridized carbons (Fsp3) is 0.278. The highest BCUT2D eigenvalue weighted by atomic mass is 32.2. The SMILES string of the molecule is COC(OC)c1cc(-c2ccc(C)cc2)cc(SC)c1C#N. The number of hydrogen-bond donors (Lipinski definition) is 0. The van der Waals surface area contributed by atoms with Crippen molar-refractivity contribution in [3.8, 4) is 17.2 Å². The molecule has 0 saturated heterocycles. The topological polar surface area (TPSA) is 42.2 Å². The first-order valence-corrected chi connectivity index (χ1v) is 8.11. The Kier molecular flexibility index (Phi) is 5.62. The van der Waals surface area contributed by atoms with Gasteiger partial charge in [0.1, 0.15) is 6.07 Å². The van der Waals surface area contributed by atoms with Crippen LogP contribution in [-0.4, -0.2) is 20.5 Å². The number of thioether (sulfide) groups is 1. The standard InChI is InChI=1S/C18H19NO2S/c1-12-5-7-13(8-6-12)14-9-15(18(20-2)21-3)16(11-19)17(10-14)22-4/h5-10,18H,1-4H3. The van der Waals surface area contributed by atoms with Crippen LogP contribution in [0.4, 0.5) is 0 Å². The van der Waals surface area contributed by atoms with Crippen LogP contribution in [0, 0.1) is 18.3 Å². The number of nitrogens with zero attached hydrogens (tertiary/aromatic N) is 1. The van der Waals surface area contributed by atoms with E-state index >= 15 is 0 Å². The van der Waals surface area contributed by atoms with E-state index in [0.717, 1.165) is 21.6 Å². The van der Waals surface area contributed by atoms with Crippen LogP contribution < -0.4 is 0 Å². The van der Waals surface area contributed by atoms with Crippen LogP contribution in [0.25, 0.3) is 11.1 Å². The maximum atomic E-state index is 9.49. The Morgan fingerprint density at radius 3 is 2.18 bits per heavy atom. The molecule has 0 spiro atoms. The summed E-state index contributed by atoms with van der Waals surface area (Å²) in [4.78, 5) is 0.926. The van der Waals surface area contributed by atoms with E-state index < -0.39 is 6.29 Å². The molecule has 0 bridgehead atoms. The molecule has 0 saturated carbocycles. The molecule has 0 heterocycles. The summed E-state index contributed by atoms with van der Waals surface area (Å²) >= 11 is 1.55. The van der Waals surface area contributed by atoms with Gasteiger partial charge in [-0.15, -0.1) is 11.8 Å². The van der Waals surface area contributed by atoms with Crippen LogP contribution in [-0.2, 0) is 9.47 Å². The summed E-state index contributed by atoms with van der Waals surface area (Å²) in [6.45, 7) is 2.06. The third-order valence-electron chi connectivity index (χ3n) is 3.53. The van der Waals surface area contributed by atoms with Gasteiger partial charge in [-0.1, -0.05) is 29.8 Å². The maximum Gasteiger partial charge on any atom is 0.184 e. The first kappa shape index (κ1) is 16.6. The zero-order chi connectivity index (χ0) is 16.1. The molecule has 0 atom stereocenters. The lowest BCUT2D eigenvalue weighted by atomic mass is 9.98. The second kappa shape index (κ2) is 7.46. The number of benzene rings is 2. The van der Waals surface area contributed by atoms with Crippen molar-refractivity contribution < 1.29 is 9.47 Å². The van der Waals surface area contributed by atoms with Gasteiger partial charge < -0.3 is 9.47 Å². The summed E-state index contributed by atoms with van der Waals surface area (Å²) in [6, 6.07) is 14.6. The number of ether oxygens (including phenoxy) is 2. The number of aryl methyl sites for hydroxylation is 1. The van der Waals surface area contributed by atoms with Gasteiger partial charge in [-0.25, -0.2) is 0 Å². The van der Waals surface area contributed by atoms with E-state index in [-0.39, 0.29) is 0 Å². The van der Waals surface area contributed by atoms with E-state index in [1.54, 1.807) is 26.0 Å². The zero-order valence-corrected chi connectivity index (χ0v) is 14.0. The highest BCUT2D eigenvalue weighted by molar-refractivity contribution is 7.98. The van der Waals surface area contributed by atoms with Crippen molar-refractivity contribution in [2.45, 2.75) is 18.1 Å². The van der Waals surface area contributed by atoms with Gasteiger partial charge in [-0.2, -0.15) is 5.26 Å². The molecule has 4 heteroatoms. The molecule has 0 aliphatic carbocycles. The quantitative estimate of drug-likeness (QED) is 0.600. The average Bonchev–Trinajstić information content (AvgIpc) is 2.55. The molecule has 0 aliphatic heterocycles. The van der Waals surface area contributed by atoms with Gasteiger partial charge in [0, 0.05) is 24.7 Å². The van der Waals surface area contributed by atoms with E-state index in [1.165, 1.54) is 5.56 Å². The molecule has 2 aromatic carbocycles. The Balaban J connectivity index is 2.64. The Morgan fingerprint density at radius 1 is 1.05 bits per heavy atom. The largest absolute Gasteiger partial charge is 0.352 e. The number of nitriles is 1. The molecule has 0 amide bonds. The smallest absolute Gasteiger partial charge is 0.184 e. The first-order valence-electron chi connectivity index (χ1n) is 6.89. The molecule has 0 radical (unpaired) electrons. The van der Waals surface area contributed by atoms with E-state index in [1.807, 2.05) is 18.4 Å². The summed E-state index contributed by atoms with van der Waals surface area (Å²) in [5.41, 5.74) is 4.75. The Morgan fingerprint density at radius 2 is 1.68 bits per heavy atom. The predicted octanol–water partition coefficient (Wildman–Crippen LogP) is 4.55. The summed E-state index contributed by atoms with van der Waals surface area (Å²) in [5, 5.41) is 9.49. The molecule has 0 aromatic heterocycles. The third-order valence-corrected chi connectivity index (χ3v) is 4.29. The third kappa shape index (κ3) is 3.33. The minimum Gasteiger partial charge on any atom is -0.352 e. The number of rotatable bonds is 5. The normalized spacial score (nSPS) is 10.7. The summed E-state index contributed by atoms with van der Waals surface area (Å²) in [6.07, 6.45) is 1.42. The number of methoxy groups -OCH3 is 2. The van der Waals surface area contributed by atoms with E-state index in [2.05, 4.69) is 37.3 Å². The van der Waals surface area contributed by atoms with Crippen molar-refractivity contribution in [1.82, 2.24) is 0 Å². The number of hydrogen-bond acceptors (Lipinski definition) is 4. The van der Waals surface area contributed by atoms with Crippen LogP contribution in [0.2, 0.25) is 0 Å². The van der Waals surface area contributed by atoms with Crippen LogP contribution in [0.3, 0.4) is 0 Å². The molecular weight excluding hydrogens is 294 g/mol. The Hall–Kier alpha value is -1.80. The second-order valence-electron chi connectivity index (χ2n) is 4.92. The first-order chi connectivity index (χ1) is 10.6. The molecule has 114 valence electrons. The average molecular weight is 313 g/mol. The van der Waals surface area contributed by atoms with Gasteiger partial charge in [0.25, 0.3) is 0 Å². The maximum absolute atomic E-state index is 9.49. The van der Waals surface area contributed by atoms with Crippen LogP contribution in [0.15, 0.2) is 41.3 Å². The molecule has 0 N–H and O–H groups in total. The monoisotopic (exact) mass is 313 g/mol. The van der Waals surface area contributed by atoms with E-state index in [0.29, 0.717) is 5.56 Å². The van der Waals surface area contributed by atoms with Crippen molar-refractivity contribution >= 4 is 11.8 Å². The fourth-order valence-electron chi connectivity index (χ4n) is 2.37. The van der Waals surface area contributed by atoms with Crippen LogP contribution in [0.5, 0.6) is 0 Å². The van der Waals surface area contributed by atoms with Gasteiger partial charge in [0.2, 0.25) is 0 Å². The predicted molar refractivity (Wildman–Crippen MR) is 89.9 cm³/mol. The lowest BCUT2D eigenvalue weighted by molar-refractivity contribution is -0.106. The minimum atomic E-state index is -0.550. The van der Waals surface area contributed by atoms with Crippen molar-refractivity contribution in [2.75, 3.05) is 20.5 Å². The summed E-state index contributed by atoms with van der Waals surface area (Å²) in [7, 11) is 3.15. The highest BCUT2D eigenvalue weighted by Gasteiger charge is 2.19.